The van der Waals surface area contributed by atoms with Crippen LogP contribution in [0.1, 0.15) is 23.6 Å². The Bertz CT molecular complexity index is 405. The molecule has 3 heteroatoms. The van der Waals surface area contributed by atoms with Gasteiger partial charge in [-0.25, -0.2) is 0 Å². The molecule has 2 atom stereocenters. The molecule has 0 amide bonds. The van der Waals surface area contributed by atoms with Gasteiger partial charge in [0, 0.05) is 24.7 Å². The number of hydrogen-bond donors (Lipinski definition) is 1. The van der Waals surface area contributed by atoms with E-state index in [4.69, 9.17) is 10.5 Å². The predicted octanol–water partition coefficient (Wildman–Crippen LogP) is 1.33. The second kappa shape index (κ2) is 3.75. The third-order valence-electron chi connectivity index (χ3n) is 3.91. The van der Waals surface area contributed by atoms with Crippen LogP contribution in [0.4, 0.5) is 0 Å². The van der Waals surface area contributed by atoms with Gasteiger partial charge in [0.15, 0.2) is 0 Å². The molecular formula is C13H18N2O. The Morgan fingerprint density at radius 2 is 2.25 bits per heavy atom. The lowest BCUT2D eigenvalue weighted by molar-refractivity contribution is 0.231. The van der Waals surface area contributed by atoms with Crippen molar-refractivity contribution >= 4 is 0 Å². The first kappa shape index (κ1) is 10.1. The van der Waals surface area contributed by atoms with Gasteiger partial charge >= 0.3 is 0 Å². The number of methoxy groups -OCH3 is 1. The average molecular weight is 218 g/mol. The Morgan fingerprint density at radius 1 is 1.38 bits per heavy atom. The van der Waals surface area contributed by atoms with Gasteiger partial charge in [0.25, 0.3) is 0 Å². The van der Waals surface area contributed by atoms with E-state index < -0.39 is 0 Å². The van der Waals surface area contributed by atoms with Crippen LogP contribution in [0, 0.1) is 0 Å². The van der Waals surface area contributed by atoms with E-state index in [-0.39, 0.29) is 6.04 Å². The highest BCUT2D eigenvalue weighted by molar-refractivity contribution is 5.44. The first-order chi connectivity index (χ1) is 7.81. The van der Waals surface area contributed by atoms with Gasteiger partial charge in [0.05, 0.1) is 13.2 Å². The molecule has 2 heterocycles. The van der Waals surface area contributed by atoms with Crippen LogP contribution in [0.15, 0.2) is 18.2 Å². The quantitative estimate of drug-likeness (QED) is 0.772. The van der Waals surface area contributed by atoms with Gasteiger partial charge in [-0.1, -0.05) is 12.1 Å². The standard InChI is InChI=1S/C13H18N2O/c1-16-12-4-2-3-10-9(12)5-7-15-8-6-11(14)13(10)15/h2-4,11,13H,5-8,14H2,1H3. The van der Waals surface area contributed by atoms with Gasteiger partial charge in [-0.15, -0.1) is 0 Å². The lowest BCUT2D eigenvalue weighted by Gasteiger charge is -2.34. The van der Waals surface area contributed by atoms with E-state index >= 15 is 0 Å². The van der Waals surface area contributed by atoms with E-state index in [1.54, 1.807) is 7.11 Å². The molecule has 0 aromatic heterocycles. The number of benzene rings is 1. The van der Waals surface area contributed by atoms with Crippen molar-refractivity contribution < 1.29 is 4.74 Å². The predicted molar refractivity (Wildman–Crippen MR) is 63.6 cm³/mol. The molecule has 86 valence electrons. The maximum atomic E-state index is 6.21. The van der Waals surface area contributed by atoms with Crippen LogP contribution in [0.3, 0.4) is 0 Å². The molecule has 2 N–H and O–H groups in total. The lowest BCUT2D eigenvalue weighted by Crippen LogP contribution is -2.37. The van der Waals surface area contributed by atoms with Crippen molar-refractivity contribution in [2.45, 2.75) is 24.9 Å². The normalized spacial score (nSPS) is 28.6. The molecule has 0 aliphatic carbocycles. The van der Waals surface area contributed by atoms with E-state index in [1.807, 2.05) is 0 Å². The highest BCUT2D eigenvalue weighted by Crippen LogP contribution is 2.39. The largest absolute Gasteiger partial charge is 0.496 e. The first-order valence-corrected chi connectivity index (χ1v) is 5.96. The second-order valence-electron chi connectivity index (χ2n) is 4.71. The van der Waals surface area contributed by atoms with Crippen LogP contribution in [0.5, 0.6) is 5.75 Å². The van der Waals surface area contributed by atoms with Gasteiger partial charge in [-0.2, -0.15) is 0 Å². The molecule has 1 aromatic carbocycles. The van der Waals surface area contributed by atoms with Gasteiger partial charge in [0.1, 0.15) is 5.75 Å². The second-order valence-corrected chi connectivity index (χ2v) is 4.71. The van der Waals surface area contributed by atoms with Crippen molar-refractivity contribution in [1.82, 2.24) is 4.90 Å². The van der Waals surface area contributed by atoms with Crippen molar-refractivity contribution in [3.05, 3.63) is 29.3 Å². The maximum absolute atomic E-state index is 6.21. The number of ether oxygens (including phenoxy) is 1. The molecule has 1 fully saturated rings. The van der Waals surface area contributed by atoms with Gasteiger partial charge in [-0.05, 0) is 24.5 Å². The van der Waals surface area contributed by atoms with Crippen molar-refractivity contribution in [2.75, 3.05) is 20.2 Å². The van der Waals surface area contributed by atoms with E-state index in [2.05, 4.69) is 23.1 Å². The molecule has 2 aliphatic rings. The van der Waals surface area contributed by atoms with Crippen LogP contribution >= 0.6 is 0 Å². The Hall–Kier alpha value is -1.06. The monoisotopic (exact) mass is 218 g/mol. The minimum atomic E-state index is 0.283. The fourth-order valence-corrected chi connectivity index (χ4v) is 3.13. The summed E-state index contributed by atoms with van der Waals surface area (Å²) >= 11 is 0. The zero-order valence-electron chi connectivity index (χ0n) is 9.65. The molecule has 2 unspecified atom stereocenters. The SMILES string of the molecule is COc1cccc2c1CCN1CCC(N)C21. The molecule has 2 aliphatic heterocycles. The number of rotatable bonds is 1. The van der Waals surface area contributed by atoms with E-state index in [9.17, 15) is 0 Å². The molecule has 1 aromatic rings. The van der Waals surface area contributed by atoms with Crippen LogP contribution in [0.25, 0.3) is 0 Å². The molecule has 0 spiro atoms. The Morgan fingerprint density at radius 3 is 3.06 bits per heavy atom. The summed E-state index contributed by atoms with van der Waals surface area (Å²) in [4.78, 5) is 2.51. The Labute approximate surface area is 96.2 Å². The van der Waals surface area contributed by atoms with E-state index in [1.165, 1.54) is 11.1 Å². The summed E-state index contributed by atoms with van der Waals surface area (Å²) in [5.41, 5.74) is 8.96. The summed E-state index contributed by atoms with van der Waals surface area (Å²) in [6, 6.07) is 7.03. The maximum Gasteiger partial charge on any atom is 0.122 e. The molecular weight excluding hydrogens is 200 g/mol. The van der Waals surface area contributed by atoms with Gasteiger partial charge < -0.3 is 10.5 Å². The zero-order chi connectivity index (χ0) is 11.1. The van der Waals surface area contributed by atoms with Crippen molar-refractivity contribution in [3.63, 3.8) is 0 Å². The minimum Gasteiger partial charge on any atom is -0.496 e. The number of hydrogen-bond acceptors (Lipinski definition) is 3. The summed E-state index contributed by atoms with van der Waals surface area (Å²) in [5.74, 6) is 1.02. The molecule has 3 nitrogen and oxygen atoms in total. The molecule has 0 radical (unpaired) electrons. The molecule has 1 saturated heterocycles. The summed E-state index contributed by atoms with van der Waals surface area (Å²) in [7, 11) is 1.75. The summed E-state index contributed by atoms with van der Waals surface area (Å²) in [6.07, 6.45) is 2.20. The van der Waals surface area contributed by atoms with Crippen LogP contribution < -0.4 is 10.5 Å². The molecule has 0 saturated carbocycles. The van der Waals surface area contributed by atoms with Crippen LogP contribution in [-0.4, -0.2) is 31.1 Å². The fourth-order valence-electron chi connectivity index (χ4n) is 3.13. The van der Waals surface area contributed by atoms with Gasteiger partial charge in [0.2, 0.25) is 0 Å². The third-order valence-corrected chi connectivity index (χ3v) is 3.91. The van der Waals surface area contributed by atoms with Crippen molar-refractivity contribution in [2.24, 2.45) is 5.73 Å². The topological polar surface area (TPSA) is 38.5 Å². The molecule has 16 heavy (non-hydrogen) atoms. The third kappa shape index (κ3) is 1.35. The summed E-state index contributed by atoms with van der Waals surface area (Å²) < 4.78 is 5.44. The summed E-state index contributed by atoms with van der Waals surface area (Å²) in [6.45, 7) is 2.26. The zero-order valence-corrected chi connectivity index (χ0v) is 9.65. The Kier molecular flexibility index (Phi) is 2.37. The van der Waals surface area contributed by atoms with Crippen LogP contribution in [0.2, 0.25) is 0 Å². The molecule has 0 bridgehead atoms. The number of nitrogens with zero attached hydrogens (tertiary/aromatic N) is 1. The highest BCUT2D eigenvalue weighted by Gasteiger charge is 2.37. The van der Waals surface area contributed by atoms with Crippen LogP contribution in [-0.2, 0) is 6.42 Å². The number of nitrogens with two attached hydrogens (primary N) is 1. The smallest absolute Gasteiger partial charge is 0.122 e. The minimum absolute atomic E-state index is 0.283. The van der Waals surface area contributed by atoms with E-state index in [0.717, 1.165) is 31.7 Å². The van der Waals surface area contributed by atoms with E-state index in [0.29, 0.717) is 6.04 Å². The van der Waals surface area contributed by atoms with Crippen molar-refractivity contribution in [1.29, 1.82) is 0 Å². The Balaban J connectivity index is 2.08. The van der Waals surface area contributed by atoms with Crippen molar-refractivity contribution in [3.8, 4) is 5.75 Å². The molecule has 3 rings (SSSR count). The summed E-state index contributed by atoms with van der Waals surface area (Å²) in [5, 5.41) is 0. The lowest BCUT2D eigenvalue weighted by atomic mass is 9.90. The fraction of sp³-hybridized carbons (Fsp3) is 0.538. The highest BCUT2D eigenvalue weighted by atomic mass is 16.5. The van der Waals surface area contributed by atoms with Gasteiger partial charge in [-0.3, -0.25) is 4.90 Å². The number of fused-ring (bicyclic) bond motifs is 3. The first-order valence-electron chi connectivity index (χ1n) is 5.96. The average Bonchev–Trinajstić information content (AvgIpc) is 2.70.